The maximum Gasteiger partial charge on any atom is 0.342 e. The zero-order valence-electron chi connectivity index (χ0n) is 13.6. The van der Waals surface area contributed by atoms with Crippen LogP contribution in [0.5, 0.6) is 5.75 Å². The number of hydrogen-bond acceptors (Lipinski definition) is 9. The van der Waals surface area contributed by atoms with Crippen LogP contribution in [-0.4, -0.2) is 42.0 Å². The molecular formula is C13H11N5O9. The van der Waals surface area contributed by atoms with E-state index < -0.39 is 43.4 Å². The van der Waals surface area contributed by atoms with Gasteiger partial charge in [-0.25, -0.2) is 14.3 Å². The number of imidazole rings is 1. The van der Waals surface area contributed by atoms with Crippen LogP contribution in [0.2, 0.25) is 0 Å². The molecule has 142 valence electrons. The van der Waals surface area contributed by atoms with Crippen LogP contribution >= 0.6 is 0 Å². The molecule has 2 aromatic rings. The van der Waals surface area contributed by atoms with Gasteiger partial charge in [-0.3, -0.25) is 20.2 Å². The number of aryl methyl sites for hydroxylation is 1. The van der Waals surface area contributed by atoms with Gasteiger partial charge in [-0.15, -0.1) is 0 Å². The van der Waals surface area contributed by atoms with Gasteiger partial charge in [0.15, 0.2) is 5.82 Å². The molecule has 1 aromatic heterocycles. The number of ether oxygens (including phenoxy) is 1. The molecule has 0 spiro atoms. The van der Waals surface area contributed by atoms with Crippen molar-refractivity contribution in [1.29, 1.82) is 0 Å². The van der Waals surface area contributed by atoms with E-state index in [4.69, 9.17) is 4.74 Å². The number of carboxylic acids is 1. The van der Waals surface area contributed by atoms with Crippen LogP contribution in [0.3, 0.4) is 0 Å². The Morgan fingerprint density at radius 3 is 2.37 bits per heavy atom. The van der Waals surface area contributed by atoms with Gasteiger partial charge in [-0.05, 0) is 4.92 Å². The summed E-state index contributed by atoms with van der Waals surface area (Å²) in [6.45, 7) is 0.955. The molecule has 0 radical (unpaired) electrons. The van der Waals surface area contributed by atoms with Gasteiger partial charge in [0, 0.05) is 13.0 Å². The fourth-order valence-electron chi connectivity index (χ4n) is 2.27. The Kier molecular flexibility index (Phi) is 5.29. The minimum absolute atomic E-state index is 0.157. The Bertz CT molecular complexity index is 917. The second-order valence-corrected chi connectivity index (χ2v) is 5.08. The lowest BCUT2D eigenvalue weighted by Crippen LogP contribution is -2.14. The first-order chi connectivity index (χ1) is 12.6. The Morgan fingerprint density at radius 1 is 1.19 bits per heavy atom. The van der Waals surface area contributed by atoms with E-state index in [9.17, 15) is 40.2 Å². The first-order valence-electron chi connectivity index (χ1n) is 7.13. The number of nitro groups is 3. The predicted molar refractivity (Wildman–Crippen MR) is 85.8 cm³/mol. The van der Waals surface area contributed by atoms with E-state index in [-0.39, 0.29) is 24.8 Å². The topological polar surface area (TPSA) is 194 Å². The smallest absolute Gasteiger partial charge is 0.342 e. The van der Waals surface area contributed by atoms with Gasteiger partial charge in [-0.2, -0.15) is 0 Å². The quantitative estimate of drug-likeness (QED) is 0.519. The molecule has 0 aliphatic heterocycles. The molecule has 0 unspecified atom stereocenters. The van der Waals surface area contributed by atoms with E-state index in [1.807, 2.05) is 0 Å². The summed E-state index contributed by atoms with van der Waals surface area (Å²) < 4.78 is 6.34. The van der Waals surface area contributed by atoms with Crippen LogP contribution < -0.4 is 4.74 Å². The highest BCUT2D eigenvalue weighted by Gasteiger charge is 2.29. The average Bonchev–Trinajstić information content (AvgIpc) is 2.95. The number of aromatic nitrogens is 2. The van der Waals surface area contributed by atoms with Crippen molar-refractivity contribution >= 4 is 23.2 Å². The summed E-state index contributed by atoms with van der Waals surface area (Å²) in [7, 11) is 0. The van der Waals surface area contributed by atoms with Crippen LogP contribution in [0.15, 0.2) is 18.3 Å². The van der Waals surface area contributed by atoms with E-state index in [2.05, 4.69) is 4.98 Å². The largest absolute Gasteiger partial charge is 0.482 e. The van der Waals surface area contributed by atoms with Gasteiger partial charge in [0.1, 0.15) is 24.9 Å². The highest BCUT2D eigenvalue weighted by atomic mass is 16.6. The molecule has 0 aliphatic rings. The van der Waals surface area contributed by atoms with E-state index in [1.54, 1.807) is 0 Å². The van der Waals surface area contributed by atoms with Crippen LogP contribution in [0, 0.1) is 37.3 Å². The summed E-state index contributed by atoms with van der Waals surface area (Å²) in [6, 6.07) is 1.21. The number of carbonyl (C=O) groups is 1. The predicted octanol–water partition coefficient (Wildman–Crippen LogP) is 1.69. The van der Waals surface area contributed by atoms with Crippen molar-refractivity contribution in [3.8, 4) is 5.75 Å². The minimum Gasteiger partial charge on any atom is -0.482 e. The second-order valence-electron chi connectivity index (χ2n) is 5.08. The lowest BCUT2D eigenvalue weighted by atomic mass is 10.1. The van der Waals surface area contributed by atoms with Crippen molar-refractivity contribution in [2.75, 3.05) is 6.61 Å². The first-order valence-corrected chi connectivity index (χ1v) is 7.13. The molecule has 0 fully saturated rings. The second kappa shape index (κ2) is 7.42. The standard InChI is InChI=1S/C13H11N5O9/c1-7-14-6-11(18(25)26)15(7)2-3-27-12-9(13(19)20)4-8(16(21)22)5-10(12)17(23)24/h4-6H,2-3H2,1H3,(H,19,20). The minimum atomic E-state index is -1.67. The van der Waals surface area contributed by atoms with E-state index in [1.165, 1.54) is 6.92 Å². The van der Waals surface area contributed by atoms with Crippen molar-refractivity contribution in [2.24, 2.45) is 0 Å². The van der Waals surface area contributed by atoms with Crippen LogP contribution in [0.25, 0.3) is 0 Å². The van der Waals surface area contributed by atoms with E-state index in [0.717, 1.165) is 10.8 Å². The van der Waals surface area contributed by atoms with Crippen molar-refractivity contribution in [1.82, 2.24) is 9.55 Å². The molecule has 1 heterocycles. The number of aromatic carboxylic acids is 1. The third-order valence-corrected chi connectivity index (χ3v) is 3.47. The van der Waals surface area contributed by atoms with Crippen LogP contribution in [0.4, 0.5) is 17.2 Å². The number of benzene rings is 1. The number of hydrogen-bond donors (Lipinski definition) is 1. The van der Waals surface area contributed by atoms with Gasteiger partial charge in [-0.1, -0.05) is 0 Å². The maximum absolute atomic E-state index is 11.3. The lowest BCUT2D eigenvalue weighted by Gasteiger charge is -2.09. The normalized spacial score (nSPS) is 10.4. The summed E-state index contributed by atoms with van der Waals surface area (Å²) in [5, 5.41) is 42.1. The van der Waals surface area contributed by atoms with E-state index >= 15 is 0 Å². The Labute approximate surface area is 149 Å². The molecule has 0 atom stereocenters. The molecule has 0 aliphatic carbocycles. The number of nitrogens with zero attached hydrogens (tertiary/aromatic N) is 5. The van der Waals surface area contributed by atoms with Crippen LogP contribution in [-0.2, 0) is 6.54 Å². The lowest BCUT2D eigenvalue weighted by molar-refractivity contribution is -0.394. The number of non-ortho nitro benzene ring substituents is 1. The van der Waals surface area contributed by atoms with Gasteiger partial charge in [0.2, 0.25) is 5.75 Å². The maximum atomic E-state index is 11.3. The van der Waals surface area contributed by atoms with Gasteiger partial charge in [0.05, 0.1) is 15.9 Å². The SMILES string of the molecule is Cc1ncc([N+](=O)[O-])n1CCOc1c(C(=O)O)cc([N+](=O)[O-])cc1[N+](=O)[O-]. The highest BCUT2D eigenvalue weighted by molar-refractivity contribution is 5.93. The van der Waals surface area contributed by atoms with Gasteiger partial charge >= 0.3 is 17.5 Å². The van der Waals surface area contributed by atoms with Crippen molar-refractivity contribution in [2.45, 2.75) is 13.5 Å². The molecule has 1 aromatic carbocycles. The van der Waals surface area contributed by atoms with Crippen molar-refractivity contribution in [3.05, 3.63) is 60.1 Å². The van der Waals surface area contributed by atoms with Gasteiger partial charge in [0.25, 0.3) is 5.69 Å². The first kappa shape index (κ1) is 19.2. The molecule has 0 amide bonds. The van der Waals surface area contributed by atoms with E-state index in [0.29, 0.717) is 12.1 Å². The van der Waals surface area contributed by atoms with Gasteiger partial charge < -0.3 is 20.0 Å². The molecule has 0 saturated heterocycles. The zero-order valence-corrected chi connectivity index (χ0v) is 13.6. The molecule has 14 nitrogen and oxygen atoms in total. The third-order valence-electron chi connectivity index (χ3n) is 3.47. The molecular weight excluding hydrogens is 370 g/mol. The summed E-state index contributed by atoms with van der Waals surface area (Å²) in [6.07, 6.45) is 1.02. The fourth-order valence-corrected chi connectivity index (χ4v) is 2.27. The summed E-state index contributed by atoms with van der Waals surface area (Å²) in [5.41, 5.74) is -2.46. The van der Waals surface area contributed by atoms with Crippen molar-refractivity contribution < 1.29 is 29.4 Å². The summed E-state index contributed by atoms with van der Waals surface area (Å²) >= 11 is 0. The Hall–Kier alpha value is -4.10. The summed E-state index contributed by atoms with van der Waals surface area (Å²) in [5.74, 6) is -2.41. The molecule has 1 N–H and O–H groups in total. The number of rotatable bonds is 8. The Morgan fingerprint density at radius 2 is 1.85 bits per heavy atom. The molecule has 0 saturated carbocycles. The molecule has 14 heteroatoms. The molecule has 2 rings (SSSR count). The third kappa shape index (κ3) is 3.94. The number of carboxylic acid groups (broad SMARTS) is 1. The highest BCUT2D eigenvalue weighted by Crippen LogP contribution is 2.35. The zero-order chi connectivity index (χ0) is 20.3. The summed E-state index contributed by atoms with van der Waals surface area (Å²) in [4.78, 5) is 45.4. The number of nitro benzene ring substituents is 2. The van der Waals surface area contributed by atoms with Crippen LogP contribution in [0.1, 0.15) is 16.2 Å². The monoisotopic (exact) mass is 381 g/mol. The van der Waals surface area contributed by atoms with Crippen molar-refractivity contribution in [3.63, 3.8) is 0 Å². The Balaban J connectivity index is 2.37. The molecule has 0 bridgehead atoms. The average molecular weight is 381 g/mol. The molecule has 27 heavy (non-hydrogen) atoms. The fraction of sp³-hybridized carbons (Fsp3) is 0.231.